The van der Waals surface area contributed by atoms with Gasteiger partial charge in [0.25, 0.3) is 0 Å². The van der Waals surface area contributed by atoms with Crippen molar-refractivity contribution in [3.05, 3.63) is 48.0 Å². The Hall–Kier alpha value is -1.72. The highest BCUT2D eigenvalue weighted by Crippen LogP contribution is 2.36. The molecule has 0 atom stereocenters. The number of benzene rings is 2. The molecule has 0 aliphatic heterocycles. The monoisotopic (exact) mass is 319 g/mol. The van der Waals surface area contributed by atoms with Gasteiger partial charge in [0.2, 0.25) is 0 Å². The first-order chi connectivity index (χ1) is 10.2. The van der Waals surface area contributed by atoms with Crippen LogP contribution in [0, 0.1) is 0 Å². The highest BCUT2D eigenvalue weighted by Gasteiger charge is 2.14. The lowest BCUT2D eigenvalue weighted by Gasteiger charge is -2.15. The number of rotatable bonds is 6. The molecule has 2 N–H and O–H groups in total. The molecule has 110 valence electrons. The van der Waals surface area contributed by atoms with E-state index in [9.17, 15) is 0 Å². The van der Waals surface area contributed by atoms with Crippen molar-refractivity contribution in [2.45, 2.75) is 11.8 Å². The zero-order valence-corrected chi connectivity index (χ0v) is 13.6. The highest BCUT2D eigenvalue weighted by atomic mass is 32.2. The number of nitrogens with two attached hydrogens (primary N) is 1. The predicted molar refractivity (Wildman–Crippen MR) is 91.8 cm³/mol. The molecule has 2 rings (SSSR count). The van der Waals surface area contributed by atoms with Crippen molar-refractivity contribution in [1.29, 1.82) is 0 Å². The summed E-state index contributed by atoms with van der Waals surface area (Å²) in [6.07, 6.45) is 1.98. The lowest BCUT2D eigenvalue weighted by molar-refractivity contribution is 0.321. The smallest absolute Gasteiger partial charge is 0.169 e. The number of hydrogen-bond acceptors (Lipinski definition) is 4. The van der Waals surface area contributed by atoms with E-state index in [2.05, 4.69) is 0 Å². The lowest BCUT2D eigenvalue weighted by atomic mass is 10.2. The SMILES string of the molecule is CCOc1ccccc1Oc1cccc(SC)c1C(N)=S. The molecule has 0 aromatic heterocycles. The second-order valence-electron chi connectivity index (χ2n) is 4.18. The van der Waals surface area contributed by atoms with Gasteiger partial charge in [0.15, 0.2) is 11.5 Å². The zero-order valence-electron chi connectivity index (χ0n) is 12.0. The van der Waals surface area contributed by atoms with Gasteiger partial charge in [-0.15, -0.1) is 11.8 Å². The molecule has 0 aliphatic rings. The molecular formula is C16H17NO2S2. The fourth-order valence-corrected chi connectivity index (χ4v) is 2.84. The second kappa shape index (κ2) is 7.33. The van der Waals surface area contributed by atoms with Crippen LogP contribution in [0.2, 0.25) is 0 Å². The Bertz CT molecular complexity index is 644. The first kappa shape index (κ1) is 15.7. The van der Waals surface area contributed by atoms with Crippen LogP contribution >= 0.6 is 24.0 Å². The quantitative estimate of drug-likeness (QED) is 0.637. The van der Waals surface area contributed by atoms with Crippen LogP contribution in [0.15, 0.2) is 47.4 Å². The van der Waals surface area contributed by atoms with Crippen LogP contribution in [0.1, 0.15) is 12.5 Å². The molecule has 0 radical (unpaired) electrons. The summed E-state index contributed by atoms with van der Waals surface area (Å²) in [6.45, 7) is 2.51. The zero-order chi connectivity index (χ0) is 15.2. The molecule has 0 amide bonds. The first-order valence-electron chi connectivity index (χ1n) is 6.53. The van der Waals surface area contributed by atoms with Gasteiger partial charge in [0.05, 0.1) is 12.2 Å². The fourth-order valence-electron chi connectivity index (χ4n) is 1.94. The summed E-state index contributed by atoms with van der Waals surface area (Å²) in [4.78, 5) is 1.32. The topological polar surface area (TPSA) is 44.5 Å². The Kier molecular flexibility index (Phi) is 5.47. The highest BCUT2D eigenvalue weighted by molar-refractivity contribution is 7.98. The fraction of sp³-hybridized carbons (Fsp3) is 0.188. The van der Waals surface area contributed by atoms with Gasteiger partial charge < -0.3 is 15.2 Å². The lowest BCUT2D eigenvalue weighted by Crippen LogP contribution is -2.12. The van der Waals surface area contributed by atoms with Crippen molar-refractivity contribution in [3.8, 4) is 17.2 Å². The van der Waals surface area contributed by atoms with Crippen molar-refractivity contribution in [2.24, 2.45) is 5.73 Å². The average Bonchev–Trinajstić information content (AvgIpc) is 2.49. The van der Waals surface area contributed by atoms with Crippen molar-refractivity contribution in [3.63, 3.8) is 0 Å². The Morgan fingerprint density at radius 1 is 1.10 bits per heavy atom. The van der Waals surface area contributed by atoms with Gasteiger partial charge in [-0.2, -0.15) is 0 Å². The van der Waals surface area contributed by atoms with Gasteiger partial charge in [-0.05, 0) is 37.4 Å². The van der Waals surface area contributed by atoms with E-state index in [4.69, 9.17) is 27.4 Å². The summed E-state index contributed by atoms with van der Waals surface area (Å²) in [5.41, 5.74) is 6.60. The largest absolute Gasteiger partial charge is 0.490 e. The molecule has 0 saturated heterocycles. The van der Waals surface area contributed by atoms with E-state index in [0.29, 0.717) is 28.8 Å². The summed E-state index contributed by atoms with van der Waals surface area (Å²) in [6, 6.07) is 13.3. The Labute approximate surface area is 134 Å². The molecule has 3 nitrogen and oxygen atoms in total. The third kappa shape index (κ3) is 3.68. The molecule has 0 heterocycles. The van der Waals surface area contributed by atoms with Crippen LogP contribution < -0.4 is 15.2 Å². The predicted octanol–water partition coefficient (Wildman–Crippen LogP) is 4.23. The number of para-hydroxylation sites is 2. The van der Waals surface area contributed by atoms with Gasteiger partial charge in [0, 0.05) is 4.90 Å². The molecule has 0 aliphatic carbocycles. The van der Waals surface area contributed by atoms with Crippen molar-refractivity contribution >= 4 is 29.0 Å². The van der Waals surface area contributed by atoms with Crippen molar-refractivity contribution in [2.75, 3.05) is 12.9 Å². The molecule has 0 unspecified atom stereocenters. The van der Waals surface area contributed by atoms with Gasteiger partial charge >= 0.3 is 0 Å². The number of thiocarbonyl (C=S) groups is 1. The maximum Gasteiger partial charge on any atom is 0.169 e. The van der Waals surface area contributed by atoms with Crippen LogP contribution in [-0.4, -0.2) is 17.9 Å². The van der Waals surface area contributed by atoms with E-state index < -0.39 is 0 Å². The molecule has 2 aromatic rings. The van der Waals surface area contributed by atoms with E-state index in [1.165, 1.54) is 0 Å². The van der Waals surface area contributed by atoms with Crippen LogP contribution in [0.5, 0.6) is 17.2 Å². The van der Waals surface area contributed by atoms with E-state index in [0.717, 1.165) is 10.5 Å². The van der Waals surface area contributed by atoms with Gasteiger partial charge in [-0.1, -0.05) is 30.4 Å². The number of ether oxygens (including phenoxy) is 2. The van der Waals surface area contributed by atoms with Gasteiger partial charge in [0.1, 0.15) is 10.7 Å². The minimum absolute atomic E-state index is 0.323. The van der Waals surface area contributed by atoms with E-state index in [-0.39, 0.29) is 0 Å². The summed E-state index contributed by atoms with van der Waals surface area (Å²) in [7, 11) is 0. The number of thioether (sulfide) groups is 1. The minimum atomic E-state index is 0.323. The third-order valence-corrected chi connectivity index (χ3v) is 3.81. The maximum absolute atomic E-state index is 5.99. The Morgan fingerprint density at radius 2 is 1.76 bits per heavy atom. The maximum atomic E-state index is 5.99. The molecule has 0 fully saturated rings. The van der Waals surface area contributed by atoms with Crippen molar-refractivity contribution < 1.29 is 9.47 Å². The molecule has 0 bridgehead atoms. The molecule has 5 heteroatoms. The Morgan fingerprint density at radius 3 is 2.38 bits per heavy atom. The molecular weight excluding hydrogens is 302 g/mol. The van der Waals surface area contributed by atoms with Crippen LogP contribution in [0.3, 0.4) is 0 Å². The average molecular weight is 319 g/mol. The van der Waals surface area contributed by atoms with Crippen LogP contribution in [0.4, 0.5) is 0 Å². The number of hydrogen-bond donors (Lipinski definition) is 1. The van der Waals surface area contributed by atoms with Gasteiger partial charge in [-0.25, -0.2) is 0 Å². The summed E-state index contributed by atoms with van der Waals surface area (Å²) >= 11 is 6.74. The summed E-state index contributed by atoms with van der Waals surface area (Å²) in [5.74, 6) is 1.99. The van der Waals surface area contributed by atoms with Crippen LogP contribution in [0.25, 0.3) is 0 Å². The van der Waals surface area contributed by atoms with Crippen LogP contribution in [-0.2, 0) is 0 Å². The summed E-state index contributed by atoms with van der Waals surface area (Å²) in [5, 5.41) is 0. The Balaban J connectivity index is 2.42. The second-order valence-corrected chi connectivity index (χ2v) is 5.47. The van der Waals surface area contributed by atoms with E-state index in [1.807, 2.05) is 55.6 Å². The first-order valence-corrected chi connectivity index (χ1v) is 8.17. The standard InChI is InChI=1S/C16H17NO2S2/c1-3-18-11-7-4-5-8-12(11)19-13-9-6-10-14(21-2)15(13)16(17)20/h4-10H,3H2,1-2H3,(H2,17,20). The molecule has 2 aromatic carbocycles. The molecule has 21 heavy (non-hydrogen) atoms. The van der Waals surface area contributed by atoms with Crippen molar-refractivity contribution in [1.82, 2.24) is 0 Å². The molecule has 0 spiro atoms. The summed E-state index contributed by atoms with van der Waals surface area (Å²) < 4.78 is 11.6. The normalized spacial score (nSPS) is 10.2. The molecule has 0 saturated carbocycles. The van der Waals surface area contributed by atoms with E-state index in [1.54, 1.807) is 11.8 Å². The third-order valence-electron chi connectivity index (χ3n) is 2.82. The van der Waals surface area contributed by atoms with E-state index >= 15 is 0 Å². The van der Waals surface area contributed by atoms with Gasteiger partial charge in [-0.3, -0.25) is 0 Å². The minimum Gasteiger partial charge on any atom is -0.490 e.